The molecule has 5 heteroatoms. The first-order valence-corrected chi connectivity index (χ1v) is 9.71. The third kappa shape index (κ3) is 3.04. The maximum absolute atomic E-state index is 12.7. The van der Waals surface area contributed by atoms with Gasteiger partial charge < -0.3 is 14.8 Å². The zero-order chi connectivity index (χ0) is 19.9. The van der Waals surface area contributed by atoms with Crippen molar-refractivity contribution in [2.75, 3.05) is 18.5 Å². The average Bonchev–Trinajstić information content (AvgIpc) is 3.15. The van der Waals surface area contributed by atoms with E-state index in [0.717, 1.165) is 22.4 Å². The van der Waals surface area contributed by atoms with Crippen LogP contribution in [0.3, 0.4) is 0 Å². The van der Waals surface area contributed by atoms with Gasteiger partial charge in [0.15, 0.2) is 0 Å². The number of carbonyl (C=O) groups is 1. The predicted octanol–water partition coefficient (Wildman–Crippen LogP) is 4.40. The van der Waals surface area contributed by atoms with Crippen LogP contribution in [0.5, 0.6) is 5.75 Å². The van der Waals surface area contributed by atoms with Crippen molar-refractivity contribution >= 4 is 11.6 Å². The van der Waals surface area contributed by atoms with Crippen molar-refractivity contribution in [3.8, 4) is 22.9 Å². The Hall–Kier alpha value is -2.84. The summed E-state index contributed by atoms with van der Waals surface area (Å²) in [6.07, 6.45) is 1.34. The van der Waals surface area contributed by atoms with Gasteiger partial charge in [0.2, 0.25) is 0 Å². The lowest BCUT2D eigenvalue weighted by atomic mass is 9.92. The van der Waals surface area contributed by atoms with E-state index < -0.39 is 5.60 Å². The van der Waals surface area contributed by atoms with Crippen LogP contribution in [0.25, 0.3) is 11.1 Å². The Morgan fingerprint density at radius 3 is 2.54 bits per heavy atom. The van der Waals surface area contributed by atoms with E-state index >= 15 is 0 Å². The van der Waals surface area contributed by atoms with Gasteiger partial charge in [0.05, 0.1) is 24.5 Å². The smallest absolute Gasteiger partial charge is 0.256 e. The lowest BCUT2D eigenvalue weighted by Crippen LogP contribution is -2.51. The van der Waals surface area contributed by atoms with Gasteiger partial charge in [-0.25, -0.2) is 0 Å². The van der Waals surface area contributed by atoms with Gasteiger partial charge in [-0.15, -0.1) is 0 Å². The molecule has 2 aromatic rings. The Morgan fingerprint density at radius 2 is 1.96 bits per heavy atom. The van der Waals surface area contributed by atoms with Crippen LogP contribution in [-0.4, -0.2) is 24.7 Å². The van der Waals surface area contributed by atoms with Crippen LogP contribution in [0.4, 0.5) is 5.69 Å². The summed E-state index contributed by atoms with van der Waals surface area (Å²) >= 11 is 0. The number of rotatable bonds is 4. The molecule has 1 fully saturated rings. The summed E-state index contributed by atoms with van der Waals surface area (Å²) in [6.45, 7) is 7.22. The first-order chi connectivity index (χ1) is 13.4. The molecule has 144 valence electrons. The molecule has 1 unspecified atom stereocenters. The minimum absolute atomic E-state index is 0.213. The van der Waals surface area contributed by atoms with Gasteiger partial charge in [-0.3, -0.25) is 4.79 Å². The first kappa shape index (κ1) is 18.5. The van der Waals surface area contributed by atoms with E-state index in [0.29, 0.717) is 43.2 Å². The minimum atomic E-state index is -0.818. The highest BCUT2D eigenvalue weighted by molar-refractivity contribution is 6.00. The number of fused-ring (bicyclic) bond motifs is 1. The molecule has 0 bridgehead atoms. The number of nitrogens with zero attached hydrogens (tertiary/aromatic N) is 1. The summed E-state index contributed by atoms with van der Waals surface area (Å²) in [4.78, 5) is 12.7. The number of hydrogen-bond acceptors (Lipinski definition) is 4. The molecule has 2 aliphatic heterocycles. The van der Waals surface area contributed by atoms with Crippen molar-refractivity contribution < 1.29 is 14.3 Å². The average molecular weight is 376 g/mol. The van der Waals surface area contributed by atoms with Crippen molar-refractivity contribution in [3.05, 3.63) is 47.0 Å². The van der Waals surface area contributed by atoms with Crippen LogP contribution in [0.1, 0.15) is 49.8 Å². The van der Waals surface area contributed by atoms with Gasteiger partial charge in [-0.1, -0.05) is 38.1 Å². The van der Waals surface area contributed by atoms with Crippen LogP contribution in [0.15, 0.2) is 30.3 Å². The molecule has 2 heterocycles. The molecular formula is C23H24N2O3. The van der Waals surface area contributed by atoms with Crippen molar-refractivity contribution in [2.45, 2.75) is 45.1 Å². The van der Waals surface area contributed by atoms with Crippen LogP contribution in [-0.2, 0) is 16.0 Å². The van der Waals surface area contributed by atoms with Gasteiger partial charge in [0, 0.05) is 24.0 Å². The van der Waals surface area contributed by atoms with Crippen molar-refractivity contribution in [1.82, 2.24) is 0 Å². The lowest BCUT2D eigenvalue weighted by molar-refractivity contribution is -0.165. The third-order valence-electron chi connectivity index (χ3n) is 5.71. The fourth-order valence-corrected chi connectivity index (χ4v) is 3.71. The number of carbonyl (C=O) groups excluding carboxylic acids is 1. The number of amides is 1. The predicted molar refractivity (Wildman–Crippen MR) is 107 cm³/mol. The highest BCUT2D eigenvalue weighted by atomic mass is 16.5. The molecule has 0 aliphatic carbocycles. The van der Waals surface area contributed by atoms with Gasteiger partial charge >= 0.3 is 0 Å². The third-order valence-corrected chi connectivity index (χ3v) is 5.71. The van der Waals surface area contributed by atoms with Gasteiger partial charge in [-0.05, 0) is 30.0 Å². The molecule has 2 aromatic carbocycles. The number of benzene rings is 2. The fourth-order valence-electron chi connectivity index (χ4n) is 3.71. The molecule has 0 aromatic heterocycles. The van der Waals surface area contributed by atoms with Crippen LogP contribution >= 0.6 is 0 Å². The summed E-state index contributed by atoms with van der Waals surface area (Å²) in [5, 5.41) is 12.7. The largest absolute Gasteiger partial charge is 0.492 e. The molecule has 0 radical (unpaired) electrons. The normalized spacial score (nSPS) is 20.1. The van der Waals surface area contributed by atoms with Gasteiger partial charge in [-0.2, -0.15) is 5.26 Å². The Bertz CT molecular complexity index is 967. The van der Waals surface area contributed by atoms with E-state index in [9.17, 15) is 10.1 Å². The molecule has 1 amide bonds. The van der Waals surface area contributed by atoms with Gasteiger partial charge in [0.1, 0.15) is 17.4 Å². The Labute approximate surface area is 165 Å². The zero-order valence-corrected chi connectivity index (χ0v) is 16.5. The highest BCUT2D eigenvalue weighted by Gasteiger charge is 2.41. The number of hydrogen-bond donors (Lipinski definition) is 1. The standard InChI is InChI=1S/C23H24N2O3/c1-14(2)15-4-6-16(7-5-15)18-12-20(25-22(26)23(3)9-11-28-23)19(13-24)17-8-10-27-21(17)18/h4-7,12,14H,8-11H2,1-3H3,(H,25,26). The molecule has 1 atom stereocenters. The molecule has 28 heavy (non-hydrogen) atoms. The summed E-state index contributed by atoms with van der Waals surface area (Å²) in [7, 11) is 0. The molecule has 0 spiro atoms. The Kier molecular flexibility index (Phi) is 4.60. The van der Waals surface area contributed by atoms with E-state index in [4.69, 9.17) is 9.47 Å². The summed E-state index contributed by atoms with van der Waals surface area (Å²) in [5.74, 6) is 0.989. The molecule has 1 saturated heterocycles. The first-order valence-electron chi connectivity index (χ1n) is 9.71. The zero-order valence-electron chi connectivity index (χ0n) is 16.5. The summed E-state index contributed by atoms with van der Waals surface area (Å²) in [6, 6.07) is 12.5. The minimum Gasteiger partial charge on any atom is -0.492 e. The Morgan fingerprint density at radius 1 is 1.25 bits per heavy atom. The van der Waals surface area contributed by atoms with Crippen LogP contribution in [0.2, 0.25) is 0 Å². The topological polar surface area (TPSA) is 71.3 Å². The van der Waals surface area contributed by atoms with E-state index in [1.807, 2.05) is 6.07 Å². The SMILES string of the molecule is CC(C)c1ccc(-c2cc(NC(=O)C3(C)CCO3)c(C#N)c3c2OCC3)cc1. The second-order valence-electron chi connectivity index (χ2n) is 7.92. The molecule has 0 saturated carbocycles. The maximum atomic E-state index is 12.7. The molecule has 4 rings (SSSR count). The van der Waals surface area contributed by atoms with Crippen molar-refractivity contribution in [1.29, 1.82) is 5.26 Å². The second kappa shape index (κ2) is 6.96. The number of nitrogens with one attached hydrogen (secondary N) is 1. The van der Waals surface area contributed by atoms with E-state index in [-0.39, 0.29) is 5.91 Å². The van der Waals surface area contributed by atoms with Crippen LogP contribution in [0, 0.1) is 11.3 Å². The van der Waals surface area contributed by atoms with E-state index in [1.54, 1.807) is 6.92 Å². The van der Waals surface area contributed by atoms with E-state index in [2.05, 4.69) is 49.5 Å². The maximum Gasteiger partial charge on any atom is 0.256 e. The van der Waals surface area contributed by atoms with Crippen LogP contribution < -0.4 is 10.1 Å². The fraction of sp³-hybridized carbons (Fsp3) is 0.391. The molecular weight excluding hydrogens is 352 g/mol. The highest BCUT2D eigenvalue weighted by Crippen LogP contribution is 2.43. The number of anilines is 1. The van der Waals surface area contributed by atoms with Crippen molar-refractivity contribution in [2.24, 2.45) is 0 Å². The summed E-state index contributed by atoms with van der Waals surface area (Å²) in [5.41, 5.74) is 4.22. The van der Waals surface area contributed by atoms with Gasteiger partial charge in [0.25, 0.3) is 5.91 Å². The van der Waals surface area contributed by atoms with E-state index in [1.165, 1.54) is 5.56 Å². The van der Waals surface area contributed by atoms with Crippen molar-refractivity contribution in [3.63, 3.8) is 0 Å². The second-order valence-corrected chi connectivity index (χ2v) is 7.92. The monoisotopic (exact) mass is 376 g/mol. The number of nitriles is 1. The quantitative estimate of drug-likeness (QED) is 0.858. The summed E-state index contributed by atoms with van der Waals surface area (Å²) < 4.78 is 11.3. The Balaban J connectivity index is 1.78. The molecule has 5 nitrogen and oxygen atoms in total. The number of ether oxygens (including phenoxy) is 2. The lowest BCUT2D eigenvalue weighted by Gasteiger charge is -2.36. The molecule has 1 N–H and O–H groups in total. The molecule has 2 aliphatic rings.